The van der Waals surface area contributed by atoms with Gasteiger partial charge < -0.3 is 0 Å². The quantitative estimate of drug-likeness (QED) is 0.172. The number of hydrogen-bond acceptors (Lipinski definition) is 3. The van der Waals surface area contributed by atoms with Crippen molar-refractivity contribution in [2.24, 2.45) is 0 Å². The van der Waals surface area contributed by atoms with Crippen LogP contribution in [0.15, 0.2) is 188 Å². The van der Waals surface area contributed by atoms with E-state index >= 15 is 0 Å². The highest BCUT2D eigenvalue weighted by atomic mass is 14.9. The number of aromatic nitrogens is 3. The van der Waals surface area contributed by atoms with Gasteiger partial charge in [-0.2, -0.15) is 0 Å². The first-order valence-electron chi connectivity index (χ1n) is 17.6. The SMILES string of the molecule is c1ccc(-c2cc(-c3ccc(-c4cc(-c5ccc6ccccc6c5)nc(-c5ccc6ccccc6c5)n4)cc3)c3c(ccc4ccccc43)n2)cc1. The molecule has 0 saturated carbocycles. The molecule has 10 rings (SSSR count). The fraction of sp³-hybridized carbons (Fsp3) is 0. The lowest BCUT2D eigenvalue weighted by Crippen LogP contribution is -1.96. The summed E-state index contributed by atoms with van der Waals surface area (Å²) in [7, 11) is 0. The molecule has 0 N–H and O–H groups in total. The van der Waals surface area contributed by atoms with Gasteiger partial charge in [0.25, 0.3) is 0 Å². The largest absolute Gasteiger partial charge is 0.248 e. The second-order valence-corrected chi connectivity index (χ2v) is 13.3. The fourth-order valence-electron chi connectivity index (χ4n) is 7.36. The summed E-state index contributed by atoms with van der Waals surface area (Å²) in [6, 6.07) is 66.3. The third-order valence-electron chi connectivity index (χ3n) is 10.0. The van der Waals surface area contributed by atoms with Crippen LogP contribution in [0.5, 0.6) is 0 Å². The van der Waals surface area contributed by atoms with E-state index in [1.807, 2.05) is 6.07 Å². The molecule has 0 amide bonds. The molecule has 3 heteroatoms. The molecule has 0 aliphatic carbocycles. The number of nitrogens with zero attached hydrogens (tertiary/aromatic N) is 3. The van der Waals surface area contributed by atoms with Crippen LogP contribution in [-0.2, 0) is 0 Å². The molecule has 52 heavy (non-hydrogen) atoms. The van der Waals surface area contributed by atoms with Crippen LogP contribution < -0.4 is 0 Å². The molecule has 0 atom stereocenters. The van der Waals surface area contributed by atoms with E-state index in [0.29, 0.717) is 5.82 Å². The molecule has 0 aliphatic rings. The molecule has 8 aromatic carbocycles. The summed E-state index contributed by atoms with van der Waals surface area (Å²) in [6.07, 6.45) is 0. The molecule has 2 aromatic heterocycles. The first-order valence-corrected chi connectivity index (χ1v) is 17.6. The Balaban J connectivity index is 1.13. The van der Waals surface area contributed by atoms with Gasteiger partial charge in [0.2, 0.25) is 0 Å². The molecule has 2 heterocycles. The van der Waals surface area contributed by atoms with Gasteiger partial charge in [-0.25, -0.2) is 15.0 Å². The molecule has 3 nitrogen and oxygen atoms in total. The Morgan fingerprint density at radius 1 is 0.288 bits per heavy atom. The van der Waals surface area contributed by atoms with Crippen molar-refractivity contribution in [1.82, 2.24) is 15.0 Å². The fourth-order valence-corrected chi connectivity index (χ4v) is 7.36. The van der Waals surface area contributed by atoms with E-state index in [2.05, 4.69) is 182 Å². The molecule has 0 unspecified atom stereocenters. The highest BCUT2D eigenvalue weighted by Crippen LogP contribution is 2.38. The molecule has 242 valence electrons. The number of fused-ring (bicyclic) bond motifs is 5. The van der Waals surface area contributed by atoms with Gasteiger partial charge in [0, 0.05) is 27.6 Å². The zero-order chi connectivity index (χ0) is 34.4. The van der Waals surface area contributed by atoms with Gasteiger partial charge in [0.1, 0.15) is 0 Å². The van der Waals surface area contributed by atoms with Crippen LogP contribution in [0, 0.1) is 0 Å². The second kappa shape index (κ2) is 12.4. The zero-order valence-corrected chi connectivity index (χ0v) is 28.2. The Bertz CT molecular complexity index is 2850. The van der Waals surface area contributed by atoms with Gasteiger partial charge in [-0.05, 0) is 73.8 Å². The molecule has 0 radical (unpaired) electrons. The lowest BCUT2D eigenvalue weighted by molar-refractivity contribution is 1.18. The second-order valence-electron chi connectivity index (χ2n) is 13.3. The maximum atomic E-state index is 5.19. The van der Waals surface area contributed by atoms with Crippen LogP contribution in [0.25, 0.3) is 99.5 Å². The highest BCUT2D eigenvalue weighted by molar-refractivity contribution is 6.13. The molecule has 0 bridgehead atoms. The Hall–Kier alpha value is -6.97. The third kappa shape index (κ3) is 5.37. The van der Waals surface area contributed by atoms with Crippen LogP contribution in [0.3, 0.4) is 0 Å². The van der Waals surface area contributed by atoms with Gasteiger partial charge in [-0.1, -0.05) is 158 Å². The minimum absolute atomic E-state index is 0.703. The van der Waals surface area contributed by atoms with Crippen molar-refractivity contribution < 1.29 is 0 Å². The predicted molar refractivity (Wildman–Crippen MR) is 217 cm³/mol. The van der Waals surface area contributed by atoms with Gasteiger partial charge in [-0.15, -0.1) is 0 Å². The zero-order valence-electron chi connectivity index (χ0n) is 28.2. The molecular formula is C49H31N3. The lowest BCUT2D eigenvalue weighted by Gasteiger charge is -2.14. The van der Waals surface area contributed by atoms with Crippen LogP contribution in [0.1, 0.15) is 0 Å². The van der Waals surface area contributed by atoms with Crippen LogP contribution in [0.2, 0.25) is 0 Å². The van der Waals surface area contributed by atoms with E-state index < -0.39 is 0 Å². The minimum atomic E-state index is 0.703. The molecule has 0 saturated heterocycles. The number of pyridine rings is 1. The van der Waals surface area contributed by atoms with E-state index in [1.165, 1.54) is 26.9 Å². The van der Waals surface area contributed by atoms with Crippen molar-refractivity contribution in [2.45, 2.75) is 0 Å². The Morgan fingerprint density at radius 2 is 0.788 bits per heavy atom. The summed E-state index contributed by atoms with van der Waals surface area (Å²) in [4.78, 5) is 15.5. The van der Waals surface area contributed by atoms with Crippen LogP contribution in [0.4, 0.5) is 0 Å². The smallest absolute Gasteiger partial charge is 0.160 e. The van der Waals surface area contributed by atoms with Crippen LogP contribution >= 0.6 is 0 Å². The maximum Gasteiger partial charge on any atom is 0.160 e. The van der Waals surface area contributed by atoms with Crippen molar-refractivity contribution >= 4 is 43.2 Å². The normalized spacial score (nSPS) is 11.5. The van der Waals surface area contributed by atoms with E-state index in [-0.39, 0.29) is 0 Å². The monoisotopic (exact) mass is 661 g/mol. The standard InChI is InChI=1S/C49H31N3/c1-2-13-36(14-3-1)45-30-43(48-42-17-9-8-12-34(42)26-27-44(48)50-45)35-20-22-37(23-21-35)46-31-47(40-24-18-32-10-4-6-15-38(32)28-40)52-49(51-46)41-25-19-33-11-5-7-16-39(33)29-41/h1-31H. The molecule has 0 aliphatic heterocycles. The first-order chi connectivity index (χ1) is 25.7. The molecular weight excluding hydrogens is 631 g/mol. The minimum Gasteiger partial charge on any atom is -0.248 e. The van der Waals surface area contributed by atoms with Crippen LogP contribution in [-0.4, -0.2) is 15.0 Å². The summed E-state index contributed by atoms with van der Waals surface area (Å²) in [5.41, 5.74) is 10.2. The molecule has 0 spiro atoms. The Labute approximate surface area is 301 Å². The summed E-state index contributed by atoms with van der Waals surface area (Å²) in [5.74, 6) is 0.703. The average molecular weight is 662 g/mol. The summed E-state index contributed by atoms with van der Waals surface area (Å²) in [6.45, 7) is 0. The highest BCUT2D eigenvalue weighted by Gasteiger charge is 2.15. The van der Waals surface area contributed by atoms with Crippen molar-refractivity contribution in [3.8, 4) is 56.3 Å². The summed E-state index contributed by atoms with van der Waals surface area (Å²) >= 11 is 0. The van der Waals surface area contributed by atoms with Crippen molar-refractivity contribution in [3.05, 3.63) is 188 Å². The number of benzene rings is 8. The average Bonchev–Trinajstić information content (AvgIpc) is 3.23. The van der Waals surface area contributed by atoms with E-state index in [0.717, 1.165) is 66.8 Å². The Kier molecular flexibility index (Phi) is 7.14. The Morgan fingerprint density at radius 3 is 1.52 bits per heavy atom. The van der Waals surface area contributed by atoms with E-state index in [4.69, 9.17) is 15.0 Å². The maximum absolute atomic E-state index is 5.19. The van der Waals surface area contributed by atoms with Gasteiger partial charge in [0.05, 0.1) is 22.6 Å². The van der Waals surface area contributed by atoms with Crippen molar-refractivity contribution in [2.75, 3.05) is 0 Å². The third-order valence-corrected chi connectivity index (χ3v) is 10.0. The first kappa shape index (κ1) is 29.9. The van der Waals surface area contributed by atoms with E-state index in [1.54, 1.807) is 0 Å². The summed E-state index contributed by atoms with van der Waals surface area (Å²) < 4.78 is 0. The molecule has 10 aromatic rings. The van der Waals surface area contributed by atoms with Gasteiger partial charge in [-0.3, -0.25) is 0 Å². The predicted octanol–water partition coefficient (Wildman–Crippen LogP) is 12.8. The van der Waals surface area contributed by atoms with Gasteiger partial charge >= 0.3 is 0 Å². The van der Waals surface area contributed by atoms with Crippen molar-refractivity contribution in [3.63, 3.8) is 0 Å². The van der Waals surface area contributed by atoms with E-state index in [9.17, 15) is 0 Å². The number of rotatable bonds is 5. The molecule has 0 fully saturated rings. The topological polar surface area (TPSA) is 38.7 Å². The van der Waals surface area contributed by atoms with Crippen molar-refractivity contribution in [1.29, 1.82) is 0 Å². The lowest BCUT2D eigenvalue weighted by atomic mass is 9.93. The summed E-state index contributed by atoms with van der Waals surface area (Å²) in [5, 5.41) is 8.30. The number of hydrogen-bond donors (Lipinski definition) is 0. The van der Waals surface area contributed by atoms with Gasteiger partial charge in [0.15, 0.2) is 5.82 Å².